The highest BCUT2D eigenvalue weighted by Crippen LogP contribution is 2.12. The summed E-state index contributed by atoms with van der Waals surface area (Å²) in [5.41, 5.74) is -0.163. The Kier molecular flexibility index (Phi) is 6.67. The summed E-state index contributed by atoms with van der Waals surface area (Å²) >= 11 is 0. The summed E-state index contributed by atoms with van der Waals surface area (Å²) in [6.45, 7) is 6.71. The van der Waals surface area contributed by atoms with Crippen molar-refractivity contribution in [3.8, 4) is 5.75 Å². The summed E-state index contributed by atoms with van der Waals surface area (Å²) < 4.78 is 29.8. The van der Waals surface area contributed by atoms with Crippen LogP contribution in [0.15, 0.2) is 24.2 Å². The van der Waals surface area contributed by atoms with E-state index in [1.54, 1.807) is 0 Å². The molecule has 0 amide bonds. The molecule has 0 radical (unpaired) electrons. The zero-order valence-electron chi connectivity index (χ0n) is 16.7. The van der Waals surface area contributed by atoms with Crippen molar-refractivity contribution in [1.82, 2.24) is 0 Å². The van der Waals surface area contributed by atoms with Crippen LogP contribution in [-0.4, -0.2) is 41.8 Å². The normalized spacial score (nSPS) is 15.2. The molecule has 0 aromatic heterocycles. The molecule has 0 aliphatic carbocycles. The van der Waals surface area contributed by atoms with Gasteiger partial charge in [-0.15, -0.1) is 0 Å². The average molecular weight is 354 g/mol. The lowest BCUT2D eigenvalue weighted by atomic mass is 10.1. The topological polar surface area (TPSA) is 99.1 Å². The van der Waals surface area contributed by atoms with E-state index in [2.05, 4.69) is 0 Å². The fourth-order valence-corrected chi connectivity index (χ4v) is 1.55. The summed E-state index contributed by atoms with van der Waals surface area (Å²) in [5.74, 6) is -2.98. The highest BCUT2D eigenvalue weighted by atomic mass is 16.6. The number of carbonyl (C=O) groups excluding carboxylic acids is 3. The maximum atomic E-state index is 12.0. The molecule has 0 aliphatic rings. The molecular weight excluding hydrogens is 328 g/mol. The van der Waals surface area contributed by atoms with E-state index in [9.17, 15) is 19.5 Å². The molecule has 1 aromatic carbocycles. The smallest absolute Gasteiger partial charge is 0.348 e. The number of ether oxygens (including phenoxy) is 3. The molecule has 3 atom stereocenters. The molecule has 0 heterocycles. The van der Waals surface area contributed by atoms with Gasteiger partial charge in [-0.05, 0) is 44.0 Å². The molecule has 0 bridgehead atoms. The first-order chi connectivity index (χ1) is 12.6. The minimum absolute atomic E-state index is 0.163. The average Bonchev–Trinajstić information content (AvgIpc) is 2.62. The number of esters is 3. The van der Waals surface area contributed by atoms with Crippen molar-refractivity contribution in [1.29, 1.82) is 0 Å². The van der Waals surface area contributed by atoms with E-state index >= 15 is 0 Å². The molecule has 7 heteroatoms. The van der Waals surface area contributed by atoms with Crippen molar-refractivity contribution in [3.63, 3.8) is 0 Å². The highest BCUT2D eigenvalue weighted by Gasteiger charge is 2.26. The quantitative estimate of drug-likeness (QED) is 0.565. The zero-order valence-corrected chi connectivity index (χ0v) is 14.7. The van der Waals surface area contributed by atoms with Crippen molar-refractivity contribution < 1.29 is 36.4 Å². The standard InChI is InChI=1S/C18H24O7/c1-5-11(2)10-23-16(20)12(3)24-17(21)13(4)25-18(22)14-6-8-15(19)9-7-14/h6-9,11-13,19H,5,10H2,1-4H3/t11-,12-,13-/m0/s1/i8D,9D. The van der Waals surface area contributed by atoms with Crippen LogP contribution < -0.4 is 0 Å². The van der Waals surface area contributed by atoms with E-state index in [0.717, 1.165) is 18.6 Å². The van der Waals surface area contributed by atoms with Gasteiger partial charge in [0.1, 0.15) is 5.75 Å². The first kappa shape index (κ1) is 17.3. The number of hydrogen-bond acceptors (Lipinski definition) is 7. The molecule has 0 aliphatic heterocycles. The van der Waals surface area contributed by atoms with Crippen molar-refractivity contribution in [2.75, 3.05) is 6.61 Å². The lowest BCUT2D eigenvalue weighted by molar-refractivity contribution is -0.172. The van der Waals surface area contributed by atoms with Crippen LogP contribution in [0.25, 0.3) is 0 Å². The molecule has 1 aromatic rings. The van der Waals surface area contributed by atoms with Crippen LogP contribution in [0.5, 0.6) is 5.75 Å². The Labute approximate surface area is 149 Å². The summed E-state index contributed by atoms with van der Waals surface area (Å²) in [6.07, 6.45) is -1.64. The molecule has 0 saturated heterocycles. The third kappa shape index (κ3) is 6.82. The second kappa shape index (κ2) is 9.66. The molecule has 0 unspecified atom stereocenters. The third-order valence-corrected chi connectivity index (χ3v) is 3.41. The minimum atomic E-state index is -1.32. The van der Waals surface area contributed by atoms with Gasteiger partial charge < -0.3 is 19.3 Å². The van der Waals surface area contributed by atoms with E-state index in [0.29, 0.717) is 0 Å². The predicted octanol–water partition coefficient (Wildman–Crippen LogP) is 2.46. The monoisotopic (exact) mass is 354 g/mol. The molecule has 0 spiro atoms. The number of phenolic OH excluding ortho intramolecular Hbond substituents is 1. The fraction of sp³-hybridized carbons (Fsp3) is 0.500. The molecular formula is C18H24O7. The number of aromatic hydroxyl groups is 1. The first-order valence-electron chi connectivity index (χ1n) is 8.95. The second-order valence-corrected chi connectivity index (χ2v) is 5.65. The summed E-state index contributed by atoms with van der Waals surface area (Å²) in [5, 5.41) is 9.38. The van der Waals surface area contributed by atoms with Gasteiger partial charge in [-0.25, -0.2) is 14.4 Å². The van der Waals surface area contributed by atoms with Crippen molar-refractivity contribution in [2.24, 2.45) is 5.92 Å². The van der Waals surface area contributed by atoms with E-state index in [1.807, 2.05) is 13.8 Å². The molecule has 1 rings (SSSR count). The zero-order chi connectivity index (χ0) is 20.7. The van der Waals surface area contributed by atoms with Crippen molar-refractivity contribution in [2.45, 2.75) is 46.3 Å². The van der Waals surface area contributed by atoms with Crippen molar-refractivity contribution >= 4 is 17.9 Å². The number of carbonyl (C=O) groups is 3. The van der Waals surface area contributed by atoms with Gasteiger partial charge in [0.25, 0.3) is 0 Å². The van der Waals surface area contributed by atoms with Crippen LogP contribution in [-0.2, 0) is 23.8 Å². The van der Waals surface area contributed by atoms with Crippen LogP contribution in [0.1, 0.15) is 47.2 Å². The van der Waals surface area contributed by atoms with E-state index in [-0.39, 0.29) is 18.1 Å². The Balaban J connectivity index is 2.61. The molecule has 25 heavy (non-hydrogen) atoms. The predicted molar refractivity (Wildman–Crippen MR) is 89.0 cm³/mol. The van der Waals surface area contributed by atoms with Crippen LogP contribution in [0.4, 0.5) is 0 Å². The van der Waals surface area contributed by atoms with Crippen LogP contribution in [0, 0.1) is 5.92 Å². The number of rotatable bonds is 8. The SMILES string of the molecule is [2H]c1cc(C(=O)O[C@@H](C)C(=O)O[C@@H](C)C(=O)OC[C@@H](C)CC)cc([2H])c1O. The first-order valence-corrected chi connectivity index (χ1v) is 7.95. The molecule has 1 N–H and O–H groups in total. The van der Waals surface area contributed by atoms with Gasteiger partial charge in [0.05, 0.1) is 14.9 Å². The van der Waals surface area contributed by atoms with Crippen molar-refractivity contribution in [3.05, 3.63) is 29.8 Å². The van der Waals surface area contributed by atoms with Gasteiger partial charge in [-0.2, -0.15) is 0 Å². The van der Waals surface area contributed by atoms with Gasteiger partial charge in [-0.1, -0.05) is 20.3 Å². The molecule has 0 fully saturated rings. The summed E-state index contributed by atoms with van der Waals surface area (Å²) in [6, 6.07) is 1.20. The lowest BCUT2D eigenvalue weighted by Gasteiger charge is -2.17. The highest BCUT2D eigenvalue weighted by molar-refractivity contribution is 5.91. The Bertz CT molecular complexity index is 682. The maximum Gasteiger partial charge on any atom is 0.348 e. The van der Waals surface area contributed by atoms with Crippen LogP contribution in [0.2, 0.25) is 0 Å². The number of benzene rings is 1. The Morgan fingerprint density at radius 3 is 2.20 bits per heavy atom. The Morgan fingerprint density at radius 1 is 1.08 bits per heavy atom. The summed E-state index contributed by atoms with van der Waals surface area (Å²) in [4.78, 5) is 35.8. The van der Waals surface area contributed by atoms with Gasteiger partial charge in [0.2, 0.25) is 0 Å². The fourth-order valence-electron chi connectivity index (χ4n) is 1.55. The Morgan fingerprint density at radius 2 is 1.64 bits per heavy atom. The number of hydrogen-bond donors (Lipinski definition) is 1. The Hall–Kier alpha value is -2.57. The van der Waals surface area contributed by atoms with Gasteiger partial charge in [0, 0.05) is 0 Å². The molecule has 0 saturated carbocycles. The number of phenols is 1. The minimum Gasteiger partial charge on any atom is -0.508 e. The van der Waals surface area contributed by atoms with Gasteiger partial charge >= 0.3 is 17.9 Å². The van der Waals surface area contributed by atoms with E-state index in [4.69, 9.17) is 17.0 Å². The lowest BCUT2D eigenvalue weighted by Crippen LogP contribution is -2.33. The van der Waals surface area contributed by atoms with E-state index < -0.39 is 48.0 Å². The van der Waals surface area contributed by atoms with E-state index in [1.165, 1.54) is 13.8 Å². The molecule has 7 nitrogen and oxygen atoms in total. The largest absolute Gasteiger partial charge is 0.508 e. The second-order valence-electron chi connectivity index (χ2n) is 5.65. The van der Waals surface area contributed by atoms with Crippen LogP contribution in [0.3, 0.4) is 0 Å². The van der Waals surface area contributed by atoms with Gasteiger partial charge in [-0.3, -0.25) is 0 Å². The van der Waals surface area contributed by atoms with Crippen LogP contribution >= 0.6 is 0 Å². The van der Waals surface area contributed by atoms with Gasteiger partial charge in [0.15, 0.2) is 12.2 Å². The maximum absolute atomic E-state index is 12.0. The third-order valence-electron chi connectivity index (χ3n) is 3.41. The summed E-state index contributed by atoms with van der Waals surface area (Å²) in [7, 11) is 0. The molecule has 138 valence electrons.